The molecule has 3 aromatic carbocycles. The summed E-state index contributed by atoms with van der Waals surface area (Å²) in [6.07, 6.45) is 1.51. The molecular weight excluding hydrogens is 454 g/mol. The average Bonchev–Trinajstić information content (AvgIpc) is 3.28. The van der Waals surface area contributed by atoms with Crippen LogP contribution in [0.25, 0.3) is 10.9 Å². The van der Waals surface area contributed by atoms with Gasteiger partial charge in [0.2, 0.25) is 0 Å². The molecule has 0 fully saturated rings. The number of fused-ring (bicyclic) bond motifs is 1. The zero-order valence-electron chi connectivity index (χ0n) is 20.9. The van der Waals surface area contributed by atoms with E-state index in [4.69, 9.17) is 19.9 Å². The smallest absolute Gasteiger partial charge is 0.411 e. The molecule has 4 aromatic rings. The molecule has 0 spiro atoms. The molecule has 1 heterocycles. The summed E-state index contributed by atoms with van der Waals surface area (Å²) in [7, 11) is 1.65. The topological polar surface area (TPSA) is 98.6 Å². The predicted octanol–water partition coefficient (Wildman–Crippen LogP) is 5.73. The lowest BCUT2D eigenvalue weighted by Gasteiger charge is -2.24. The van der Waals surface area contributed by atoms with Crippen molar-refractivity contribution >= 4 is 22.7 Å². The third kappa shape index (κ3) is 5.87. The standard InChI is InChI=1S/C29H33N3O4/c1-19-23(10-7-11-26(19)32-29(33)36-18-21-8-5-4-6-9-21)28(20(2)30)25-17-31-27-16-22(12-13-24(25)27)35-15-14-34-3/h4-13,16-17,20,28,31H,14-15,18,30H2,1-3H3,(H,32,33). The van der Waals surface area contributed by atoms with Gasteiger partial charge in [-0.25, -0.2) is 4.79 Å². The Morgan fingerprint density at radius 3 is 2.58 bits per heavy atom. The van der Waals surface area contributed by atoms with Crippen LogP contribution in [0.4, 0.5) is 10.5 Å². The van der Waals surface area contributed by atoms with Gasteiger partial charge in [0, 0.05) is 47.9 Å². The molecule has 0 bridgehead atoms. The molecule has 7 nitrogen and oxygen atoms in total. The molecule has 2 unspecified atom stereocenters. The zero-order valence-corrected chi connectivity index (χ0v) is 20.9. The van der Waals surface area contributed by atoms with Crippen LogP contribution in [-0.2, 0) is 16.1 Å². The molecule has 1 amide bonds. The lowest BCUT2D eigenvalue weighted by atomic mass is 9.83. The number of benzene rings is 3. The fourth-order valence-corrected chi connectivity index (χ4v) is 4.45. The van der Waals surface area contributed by atoms with Gasteiger partial charge >= 0.3 is 6.09 Å². The van der Waals surface area contributed by atoms with Crippen LogP contribution in [0.2, 0.25) is 0 Å². The lowest BCUT2D eigenvalue weighted by molar-refractivity contribution is 0.146. The third-order valence-electron chi connectivity index (χ3n) is 6.26. The molecule has 7 heteroatoms. The predicted molar refractivity (Wildman–Crippen MR) is 143 cm³/mol. The van der Waals surface area contributed by atoms with E-state index in [9.17, 15) is 4.79 Å². The number of carbonyl (C=O) groups excluding carboxylic acids is 1. The van der Waals surface area contributed by atoms with Crippen molar-refractivity contribution in [2.45, 2.75) is 32.4 Å². The second kappa shape index (κ2) is 11.7. The number of nitrogens with two attached hydrogens (primary N) is 1. The van der Waals surface area contributed by atoms with Gasteiger partial charge in [0.25, 0.3) is 0 Å². The Bertz CT molecular complexity index is 1300. The number of nitrogens with one attached hydrogen (secondary N) is 2. The van der Waals surface area contributed by atoms with E-state index in [0.717, 1.165) is 38.9 Å². The number of rotatable bonds is 10. The number of H-pyrrole nitrogens is 1. The van der Waals surface area contributed by atoms with Gasteiger partial charge in [-0.05, 0) is 54.3 Å². The number of hydrogen-bond acceptors (Lipinski definition) is 5. The molecule has 4 N–H and O–H groups in total. The van der Waals surface area contributed by atoms with Gasteiger partial charge in [-0.3, -0.25) is 5.32 Å². The van der Waals surface area contributed by atoms with Crippen molar-refractivity contribution in [3.8, 4) is 5.75 Å². The Morgan fingerprint density at radius 1 is 1.03 bits per heavy atom. The van der Waals surface area contributed by atoms with E-state index in [2.05, 4.69) is 22.4 Å². The zero-order chi connectivity index (χ0) is 25.5. The first kappa shape index (κ1) is 25.3. The maximum absolute atomic E-state index is 12.5. The largest absolute Gasteiger partial charge is 0.491 e. The molecule has 0 aliphatic heterocycles. The van der Waals surface area contributed by atoms with Crippen LogP contribution in [0, 0.1) is 6.92 Å². The van der Waals surface area contributed by atoms with E-state index in [-0.39, 0.29) is 18.6 Å². The van der Waals surface area contributed by atoms with E-state index >= 15 is 0 Å². The number of anilines is 1. The maximum atomic E-state index is 12.5. The summed E-state index contributed by atoms with van der Waals surface area (Å²) in [6, 6.07) is 21.3. The second-order valence-corrected chi connectivity index (χ2v) is 8.84. The minimum atomic E-state index is -0.496. The molecule has 0 saturated heterocycles. The Hall–Kier alpha value is -3.81. The summed E-state index contributed by atoms with van der Waals surface area (Å²) in [5, 5.41) is 3.97. The quantitative estimate of drug-likeness (QED) is 0.248. The summed E-state index contributed by atoms with van der Waals surface area (Å²) < 4.78 is 16.2. The van der Waals surface area contributed by atoms with Gasteiger partial charge in [-0.1, -0.05) is 42.5 Å². The lowest BCUT2D eigenvalue weighted by Crippen LogP contribution is -2.26. The summed E-state index contributed by atoms with van der Waals surface area (Å²) in [4.78, 5) is 15.9. The minimum absolute atomic E-state index is 0.0823. The highest BCUT2D eigenvalue weighted by atomic mass is 16.5. The normalized spacial score (nSPS) is 12.8. The molecule has 2 atom stereocenters. The third-order valence-corrected chi connectivity index (χ3v) is 6.26. The average molecular weight is 488 g/mol. The van der Waals surface area contributed by atoms with Crippen molar-refractivity contribution in [2.24, 2.45) is 5.73 Å². The first-order valence-corrected chi connectivity index (χ1v) is 12.0. The van der Waals surface area contributed by atoms with Gasteiger partial charge in [-0.2, -0.15) is 0 Å². The monoisotopic (exact) mass is 487 g/mol. The first-order valence-electron chi connectivity index (χ1n) is 12.0. The summed E-state index contributed by atoms with van der Waals surface area (Å²) >= 11 is 0. The van der Waals surface area contributed by atoms with E-state index in [1.54, 1.807) is 7.11 Å². The summed E-state index contributed by atoms with van der Waals surface area (Å²) in [5.41, 5.74) is 12.2. The number of amides is 1. The van der Waals surface area contributed by atoms with E-state index < -0.39 is 6.09 Å². The molecule has 188 valence electrons. The van der Waals surface area contributed by atoms with Crippen LogP contribution in [0.15, 0.2) is 72.9 Å². The molecule has 0 saturated carbocycles. The Labute approximate surface area is 211 Å². The van der Waals surface area contributed by atoms with Gasteiger partial charge in [0.05, 0.1) is 6.61 Å². The van der Waals surface area contributed by atoms with Crippen LogP contribution < -0.4 is 15.8 Å². The number of carbonyl (C=O) groups is 1. The van der Waals surface area contributed by atoms with Crippen molar-refractivity contribution in [1.82, 2.24) is 4.98 Å². The number of methoxy groups -OCH3 is 1. The van der Waals surface area contributed by atoms with Crippen molar-refractivity contribution in [1.29, 1.82) is 0 Å². The Kier molecular flexibility index (Phi) is 8.25. The SMILES string of the molecule is COCCOc1ccc2c(C(c3cccc(NC(=O)OCc4ccccc4)c3C)C(C)N)c[nH]c2c1. The molecule has 36 heavy (non-hydrogen) atoms. The first-order chi connectivity index (χ1) is 17.5. The fraction of sp³-hybridized carbons (Fsp3) is 0.276. The molecule has 4 rings (SSSR count). The van der Waals surface area contributed by atoms with Gasteiger partial charge < -0.3 is 24.9 Å². The fourth-order valence-electron chi connectivity index (χ4n) is 4.45. The molecule has 1 aromatic heterocycles. The van der Waals surface area contributed by atoms with Gasteiger partial charge in [0.1, 0.15) is 19.0 Å². The van der Waals surface area contributed by atoms with Crippen molar-refractivity contribution in [3.63, 3.8) is 0 Å². The second-order valence-electron chi connectivity index (χ2n) is 8.84. The van der Waals surface area contributed by atoms with Crippen LogP contribution in [0.1, 0.15) is 35.1 Å². The van der Waals surface area contributed by atoms with E-state index in [0.29, 0.717) is 18.9 Å². The van der Waals surface area contributed by atoms with Crippen LogP contribution >= 0.6 is 0 Å². The van der Waals surface area contributed by atoms with Crippen molar-refractivity contribution < 1.29 is 19.0 Å². The number of ether oxygens (including phenoxy) is 3. The highest BCUT2D eigenvalue weighted by molar-refractivity contribution is 5.87. The number of hydrogen-bond donors (Lipinski definition) is 3. The van der Waals surface area contributed by atoms with Crippen LogP contribution in [0.3, 0.4) is 0 Å². The Balaban J connectivity index is 1.56. The van der Waals surface area contributed by atoms with Gasteiger partial charge in [-0.15, -0.1) is 0 Å². The number of aromatic nitrogens is 1. The van der Waals surface area contributed by atoms with E-state index in [1.807, 2.05) is 74.6 Å². The summed E-state index contributed by atoms with van der Waals surface area (Å²) in [6.45, 7) is 5.23. The Morgan fingerprint density at radius 2 is 1.83 bits per heavy atom. The van der Waals surface area contributed by atoms with Crippen LogP contribution in [-0.4, -0.2) is 37.4 Å². The molecule has 0 aliphatic rings. The van der Waals surface area contributed by atoms with Crippen molar-refractivity contribution in [3.05, 3.63) is 95.2 Å². The number of aromatic amines is 1. The van der Waals surface area contributed by atoms with E-state index in [1.165, 1.54) is 0 Å². The molecular formula is C29H33N3O4. The minimum Gasteiger partial charge on any atom is -0.491 e. The van der Waals surface area contributed by atoms with Crippen LogP contribution in [0.5, 0.6) is 5.75 Å². The molecule has 0 radical (unpaired) electrons. The molecule has 0 aliphatic carbocycles. The maximum Gasteiger partial charge on any atom is 0.411 e. The van der Waals surface area contributed by atoms with Gasteiger partial charge in [0.15, 0.2) is 0 Å². The highest BCUT2D eigenvalue weighted by Gasteiger charge is 2.25. The highest BCUT2D eigenvalue weighted by Crippen LogP contribution is 2.37. The van der Waals surface area contributed by atoms with Crippen molar-refractivity contribution in [2.75, 3.05) is 25.6 Å². The summed E-state index contributed by atoms with van der Waals surface area (Å²) in [5.74, 6) is 0.697.